The van der Waals surface area contributed by atoms with Crippen molar-refractivity contribution in [3.05, 3.63) is 35.4 Å². The lowest BCUT2D eigenvalue weighted by Gasteiger charge is -2.37. The molecule has 2 saturated heterocycles. The van der Waals surface area contributed by atoms with Crippen LogP contribution < -0.4 is 0 Å². The first kappa shape index (κ1) is 15.0. The van der Waals surface area contributed by atoms with Gasteiger partial charge in [0.25, 0.3) is 0 Å². The van der Waals surface area contributed by atoms with Gasteiger partial charge in [0.05, 0.1) is 11.0 Å². The molecule has 22 heavy (non-hydrogen) atoms. The van der Waals surface area contributed by atoms with Crippen LogP contribution in [-0.2, 0) is 11.3 Å². The van der Waals surface area contributed by atoms with E-state index in [0.29, 0.717) is 12.1 Å². The third-order valence-corrected chi connectivity index (χ3v) is 5.02. The molecule has 2 fully saturated rings. The first-order valence-corrected chi connectivity index (χ1v) is 7.81. The van der Waals surface area contributed by atoms with Crippen LogP contribution in [0.3, 0.4) is 0 Å². The molecule has 1 spiro atoms. The Morgan fingerprint density at radius 1 is 1.27 bits per heavy atom. The van der Waals surface area contributed by atoms with Crippen molar-refractivity contribution in [3.8, 4) is 0 Å². The smallest absolute Gasteiger partial charge is 0.336 e. The zero-order chi connectivity index (χ0) is 15.7. The molecule has 1 N–H and O–H groups in total. The van der Waals surface area contributed by atoms with E-state index in [0.717, 1.165) is 44.5 Å². The zero-order valence-corrected chi connectivity index (χ0v) is 12.9. The van der Waals surface area contributed by atoms with Crippen molar-refractivity contribution in [1.82, 2.24) is 9.80 Å². The van der Waals surface area contributed by atoms with Gasteiger partial charge in [-0.25, -0.2) is 4.79 Å². The topological polar surface area (TPSA) is 60.9 Å². The second-order valence-electron chi connectivity index (χ2n) is 6.53. The van der Waals surface area contributed by atoms with Crippen molar-refractivity contribution < 1.29 is 14.7 Å². The highest BCUT2D eigenvalue weighted by Gasteiger charge is 2.47. The molecular weight excluding hydrogens is 280 g/mol. The van der Waals surface area contributed by atoms with E-state index in [1.807, 2.05) is 24.1 Å². The minimum absolute atomic E-state index is 0.245. The normalized spacial score (nSPS) is 25.9. The number of hydrogen-bond acceptors (Lipinski definition) is 3. The largest absolute Gasteiger partial charge is 0.478 e. The van der Waals surface area contributed by atoms with Gasteiger partial charge in [-0.05, 0) is 37.4 Å². The molecule has 0 saturated carbocycles. The van der Waals surface area contributed by atoms with Gasteiger partial charge in [0, 0.05) is 26.7 Å². The second kappa shape index (κ2) is 5.72. The van der Waals surface area contributed by atoms with E-state index in [1.165, 1.54) is 0 Å². The van der Waals surface area contributed by atoms with Crippen molar-refractivity contribution in [1.29, 1.82) is 0 Å². The molecular formula is C17H22N2O3. The molecule has 2 aliphatic heterocycles. The minimum Gasteiger partial charge on any atom is -0.478 e. The molecule has 3 rings (SSSR count). The maximum absolute atomic E-state index is 12.5. The number of rotatable bonds is 3. The fourth-order valence-electron chi connectivity index (χ4n) is 3.85. The summed E-state index contributed by atoms with van der Waals surface area (Å²) in [6.45, 7) is 3.04. The van der Waals surface area contributed by atoms with Crippen LogP contribution in [0.1, 0.15) is 35.2 Å². The van der Waals surface area contributed by atoms with E-state index in [4.69, 9.17) is 0 Å². The summed E-state index contributed by atoms with van der Waals surface area (Å²) >= 11 is 0. The molecule has 5 nitrogen and oxygen atoms in total. The minimum atomic E-state index is -0.891. The molecule has 118 valence electrons. The molecule has 5 heteroatoms. The average molecular weight is 302 g/mol. The maximum atomic E-state index is 12.5. The monoisotopic (exact) mass is 302 g/mol. The zero-order valence-electron chi connectivity index (χ0n) is 12.9. The molecule has 0 aromatic heterocycles. The highest BCUT2D eigenvalue weighted by atomic mass is 16.4. The number of hydrogen-bond donors (Lipinski definition) is 1. The number of carboxylic acid groups (broad SMARTS) is 1. The fraction of sp³-hybridized carbons (Fsp3) is 0.529. The Morgan fingerprint density at radius 3 is 2.82 bits per heavy atom. The van der Waals surface area contributed by atoms with Gasteiger partial charge in [-0.3, -0.25) is 9.69 Å². The summed E-state index contributed by atoms with van der Waals surface area (Å²) in [7, 11) is 1.88. The van der Waals surface area contributed by atoms with E-state index in [-0.39, 0.29) is 11.3 Å². The summed E-state index contributed by atoms with van der Waals surface area (Å²) in [4.78, 5) is 27.9. The van der Waals surface area contributed by atoms with Gasteiger partial charge >= 0.3 is 5.97 Å². The Bertz CT molecular complexity index is 601. The highest BCUT2D eigenvalue weighted by Crippen LogP contribution is 2.40. The lowest BCUT2D eigenvalue weighted by molar-refractivity contribution is -0.143. The summed E-state index contributed by atoms with van der Waals surface area (Å²) in [6.07, 6.45) is 2.89. The molecule has 2 heterocycles. The summed E-state index contributed by atoms with van der Waals surface area (Å²) in [5.41, 5.74) is 0.935. The summed E-state index contributed by atoms with van der Waals surface area (Å²) in [5, 5.41) is 9.28. The number of piperidine rings is 1. The number of likely N-dealkylation sites (tertiary alicyclic amines) is 2. The highest BCUT2D eigenvalue weighted by molar-refractivity contribution is 5.89. The van der Waals surface area contributed by atoms with Gasteiger partial charge in [-0.2, -0.15) is 0 Å². The van der Waals surface area contributed by atoms with Crippen molar-refractivity contribution in [2.45, 2.75) is 25.8 Å². The van der Waals surface area contributed by atoms with E-state index in [1.54, 1.807) is 12.1 Å². The van der Waals surface area contributed by atoms with Gasteiger partial charge in [-0.1, -0.05) is 18.2 Å². The van der Waals surface area contributed by atoms with Gasteiger partial charge in [-0.15, -0.1) is 0 Å². The lowest BCUT2D eigenvalue weighted by atomic mass is 9.78. The van der Waals surface area contributed by atoms with E-state index < -0.39 is 5.97 Å². The van der Waals surface area contributed by atoms with E-state index in [2.05, 4.69) is 4.90 Å². The predicted octanol–water partition coefficient (Wildman–Crippen LogP) is 1.83. The summed E-state index contributed by atoms with van der Waals surface area (Å²) < 4.78 is 0. The van der Waals surface area contributed by atoms with Crippen LogP contribution in [0.15, 0.2) is 24.3 Å². The molecule has 1 unspecified atom stereocenters. The summed E-state index contributed by atoms with van der Waals surface area (Å²) in [6, 6.07) is 7.12. The molecule has 0 radical (unpaired) electrons. The van der Waals surface area contributed by atoms with Gasteiger partial charge in [0.2, 0.25) is 5.91 Å². The van der Waals surface area contributed by atoms with Crippen LogP contribution in [-0.4, -0.2) is 53.5 Å². The van der Waals surface area contributed by atoms with Crippen molar-refractivity contribution in [2.24, 2.45) is 5.41 Å². The third kappa shape index (κ3) is 2.61. The van der Waals surface area contributed by atoms with Crippen molar-refractivity contribution >= 4 is 11.9 Å². The summed E-state index contributed by atoms with van der Waals surface area (Å²) in [5.74, 6) is -0.634. The first-order chi connectivity index (χ1) is 10.5. The van der Waals surface area contributed by atoms with Crippen LogP contribution in [0, 0.1) is 5.41 Å². The fourth-order valence-corrected chi connectivity index (χ4v) is 3.85. The SMILES string of the molecule is CN1CCCC2(CCN(Cc3ccccc3C(=O)O)C2)C1=O. The Morgan fingerprint density at radius 2 is 2.05 bits per heavy atom. The Labute approximate surface area is 130 Å². The van der Waals surface area contributed by atoms with Crippen LogP contribution >= 0.6 is 0 Å². The van der Waals surface area contributed by atoms with E-state index >= 15 is 0 Å². The number of carbonyl (C=O) groups is 2. The lowest BCUT2D eigenvalue weighted by Crippen LogP contribution is -2.48. The van der Waals surface area contributed by atoms with Crippen molar-refractivity contribution in [2.75, 3.05) is 26.7 Å². The number of nitrogens with zero attached hydrogens (tertiary/aromatic N) is 2. The van der Waals surface area contributed by atoms with Gasteiger partial charge < -0.3 is 10.0 Å². The molecule has 1 atom stereocenters. The van der Waals surface area contributed by atoms with E-state index in [9.17, 15) is 14.7 Å². The quantitative estimate of drug-likeness (QED) is 0.925. The molecule has 0 bridgehead atoms. The van der Waals surface area contributed by atoms with Crippen LogP contribution in [0.5, 0.6) is 0 Å². The third-order valence-electron chi connectivity index (χ3n) is 5.02. The molecule has 1 amide bonds. The Balaban J connectivity index is 1.74. The van der Waals surface area contributed by atoms with Crippen LogP contribution in [0.2, 0.25) is 0 Å². The molecule has 1 aromatic rings. The molecule has 1 aromatic carbocycles. The predicted molar refractivity (Wildman–Crippen MR) is 82.6 cm³/mol. The number of amides is 1. The number of carboxylic acids is 1. The van der Waals surface area contributed by atoms with Crippen LogP contribution in [0.4, 0.5) is 0 Å². The number of benzene rings is 1. The maximum Gasteiger partial charge on any atom is 0.336 e. The van der Waals surface area contributed by atoms with Gasteiger partial charge in [0.1, 0.15) is 0 Å². The van der Waals surface area contributed by atoms with Crippen molar-refractivity contribution in [3.63, 3.8) is 0 Å². The second-order valence-corrected chi connectivity index (χ2v) is 6.53. The average Bonchev–Trinajstić information content (AvgIpc) is 2.89. The number of carbonyl (C=O) groups excluding carboxylic acids is 1. The molecule has 0 aliphatic carbocycles. The standard InChI is InChI=1S/C17H22N2O3/c1-18-9-4-7-17(16(18)22)8-10-19(12-17)11-13-5-2-3-6-14(13)15(20)21/h2-3,5-6H,4,7-12H2,1H3,(H,20,21). The van der Waals surface area contributed by atoms with Crippen LogP contribution in [0.25, 0.3) is 0 Å². The van der Waals surface area contributed by atoms with Gasteiger partial charge in [0.15, 0.2) is 0 Å². The Kier molecular flexibility index (Phi) is 3.91. The Hall–Kier alpha value is -1.88. The number of aromatic carboxylic acids is 1. The first-order valence-electron chi connectivity index (χ1n) is 7.81. The molecule has 2 aliphatic rings.